The van der Waals surface area contributed by atoms with Crippen LogP contribution in [0.3, 0.4) is 0 Å². The van der Waals surface area contributed by atoms with Gasteiger partial charge in [-0.25, -0.2) is 0 Å². The third kappa shape index (κ3) is 0.862. The zero-order chi connectivity index (χ0) is 7.84. The van der Waals surface area contributed by atoms with E-state index in [0.717, 1.165) is 0 Å². The normalized spacial score (nSPS) is 21.3. The van der Waals surface area contributed by atoms with Crippen LogP contribution < -0.4 is 0 Å². The Kier molecular flexibility index (Phi) is 1.28. The van der Waals surface area contributed by atoms with Crippen LogP contribution in [0, 0.1) is 0 Å². The quantitative estimate of drug-likeness (QED) is 0.501. The zero-order valence-electron chi connectivity index (χ0n) is 6.78. The molecule has 0 aliphatic carbocycles. The molecule has 0 aromatic heterocycles. The lowest BCUT2D eigenvalue weighted by Crippen LogP contribution is -1.87. The fraction of sp³-hybridized carbons (Fsp3) is 0.333. The first kappa shape index (κ1) is 6.53. The largest absolute Gasteiger partial charge is 0.236 e. The lowest BCUT2D eigenvalue weighted by molar-refractivity contribution is -0.477. The van der Waals surface area contributed by atoms with E-state index in [4.69, 9.17) is 0 Å². The molecule has 0 N–H and O–H groups in total. The third-order valence-electron chi connectivity index (χ3n) is 2.08. The molecule has 1 unspecified atom stereocenters. The smallest absolute Gasteiger partial charge is 0.0908 e. The van der Waals surface area contributed by atoms with Crippen LogP contribution in [0.15, 0.2) is 29.4 Å². The maximum Gasteiger partial charge on any atom is 0.236 e. The molecule has 2 heteroatoms. The Hall–Kier alpha value is -1.18. The Morgan fingerprint density at radius 1 is 1.36 bits per heavy atom. The summed E-state index contributed by atoms with van der Waals surface area (Å²) in [5.74, 6) is 0. The topological polar surface area (TPSA) is 15.4 Å². The molecule has 1 aliphatic heterocycles. The van der Waals surface area contributed by atoms with Crippen molar-refractivity contribution in [2.24, 2.45) is 5.11 Å². The summed E-state index contributed by atoms with van der Waals surface area (Å²) in [6.07, 6.45) is 0. The minimum absolute atomic E-state index is 0.330. The van der Waals surface area contributed by atoms with Crippen LogP contribution >= 0.6 is 0 Å². The molecule has 0 saturated carbocycles. The van der Waals surface area contributed by atoms with E-state index >= 15 is 0 Å². The molecule has 1 aromatic rings. The van der Waals surface area contributed by atoms with Crippen molar-refractivity contribution in [1.29, 1.82) is 0 Å². The summed E-state index contributed by atoms with van der Waals surface area (Å²) in [4.78, 5) is 0. The summed E-state index contributed by atoms with van der Waals surface area (Å²) in [5.41, 5.74) is 2.56. The van der Waals surface area contributed by atoms with Crippen LogP contribution in [0.4, 0.5) is 5.69 Å². The van der Waals surface area contributed by atoms with Gasteiger partial charge < -0.3 is 0 Å². The van der Waals surface area contributed by atoms with E-state index in [2.05, 4.69) is 30.2 Å². The molecule has 0 radical (unpaired) electrons. The Bertz CT molecular complexity index is 315. The van der Waals surface area contributed by atoms with Gasteiger partial charge in [0.2, 0.25) is 5.69 Å². The standard InChI is InChI=1S/C9H11N2/c1-7-8-5-3-4-6-9(8)11(2)10-7/h3-7H,1-2H3/q+1. The summed E-state index contributed by atoms with van der Waals surface area (Å²) < 4.78 is 1.94. The molecule has 11 heavy (non-hydrogen) atoms. The van der Waals surface area contributed by atoms with Crippen LogP contribution in [0.1, 0.15) is 18.5 Å². The van der Waals surface area contributed by atoms with Gasteiger partial charge in [0, 0.05) is 6.07 Å². The SMILES string of the molecule is CC1N=[N+](C)c2ccccc21. The fourth-order valence-electron chi connectivity index (χ4n) is 1.52. The van der Waals surface area contributed by atoms with E-state index in [1.54, 1.807) is 0 Å². The molecular formula is C9H11N2+. The van der Waals surface area contributed by atoms with Crippen LogP contribution in [0.2, 0.25) is 0 Å². The van der Waals surface area contributed by atoms with Crippen molar-refractivity contribution in [3.8, 4) is 0 Å². The fourth-order valence-corrected chi connectivity index (χ4v) is 1.52. The van der Waals surface area contributed by atoms with Crippen LogP contribution in [-0.2, 0) is 0 Å². The van der Waals surface area contributed by atoms with Crippen molar-refractivity contribution in [3.05, 3.63) is 29.8 Å². The number of hydrogen-bond donors (Lipinski definition) is 0. The number of benzene rings is 1. The van der Waals surface area contributed by atoms with Crippen LogP contribution in [0.25, 0.3) is 0 Å². The number of hydrogen-bond acceptors (Lipinski definition) is 1. The molecule has 56 valence electrons. The van der Waals surface area contributed by atoms with Crippen molar-refractivity contribution in [1.82, 2.24) is 0 Å². The van der Waals surface area contributed by atoms with Gasteiger partial charge >= 0.3 is 0 Å². The predicted molar refractivity (Wildman–Crippen MR) is 43.1 cm³/mol. The average molecular weight is 147 g/mol. The third-order valence-corrected chi connectivity index (χ3v) is 2.08. The van der Waals surface area contributed by atoms with Gasteiger partial charge in [0.1, 0.15) is 6.04 Å². The van der Waals surface area contributed by atoms with Gasteiger partial charge in [0.15, 0.2) is 7.05 Å². The molecule has 0 saturated heterocycles. The molecule has 0 bridgehead atoms. The molecule has 1 aliphatic rings. The van der Waals surface area contributed by atoms with Gasteiger partial charge in [-0.05, 0) is 18.1 Å². The van der Waals surface area contributed by atoms with E-state index in [-0.39, 0.29) is 0 Å². The Balaban J connectivity index is 2.62. The highest BCUT2D eigenvalue weighted by Crippen LogP contribution is 2.32. The lowest BCUT2D eigenvalue weighted by atomic mass is 10.1. The average Bonchev–Trinajstić information content (AvgIpc) is 2.30. The number of nitrogens with zero attached hydrogens (tertiary/aromatic N) is 2. The molecule has 0 fully saturated rings. The Morgan fingerprint density at radius 2 is 2.09 bits per heavy atom. The first-order chi connectivity index (χ1) is 5.29. The number of rotatable bonds is 0. The monoisotopic (exact) mass is 147 g/mol. The van der Waals surface area contributed by atoms with Gasteiger partial charge in [-0.1, -0.05) is 16.8 Å². The van der Waals surface area contributed by atoms with Gasteiger partial charge in [-0.3, -0.25) is 0 Å². The van der Waals surface area contributed by atoms with E-state index in [1.807, 2.05) is 17.8 Å². The molecule has 0 spiro atoms. The molecule has 2 nitrogen and oxygen atoms in total. The van der Waals surface area contributed by atoms with Crippen LogP contribution in [0.5, 0.6) is 0 Å². The summed E-state index contributed by atoms with van der Waals surface area (Å²) in [6.45, 7) is 2.11. The second kappa shape index (κ2) is 2.16. The molecule has 1 atom stereocenters. The lowest BCUT2D eigenvalue weighted by Gasteiger charge is -1.92. The molecule has 2 rings (SSSR count). The van der Waals surface area contributed by atoms with E-state index in [9.17, 15) is 0 Å². The van der Waals surface area contributed by atoms with Gasteiger partial charge in [0.05, 0.1) is 5.56 Å². The van der Waals surface area contributed by atoms with E-state index in [0.29, 0.717) is 6.04 Å². The van der Waals surface area contributed by atoms with Crippen molar-refractivity contribution in [2.75, 3.05) is 7.05 Å². The van der Waals surface area contributed by atoms with E-state index in [1.165, 1.54) is 11.3 Å². The molecule has 0 amide bonds. The van der Waals surface area contributed by atoms with Crippen molar-refractivity contribution in [3.63, 3.8) is 0 Å². The minimum Gasteiger partial charge on any atom is -0.0908 e. The zero-order valence-corrected chi connectivity index (χ0v) is 6.78. The summed E-state index contributed by atoms with van der Waals surface area (Å²) in [7, 11) is 1.99. The van der Waals surface area contributed by atoms with Crippen molar-refractivity contribution < 1.29 is 4.70 Å². The number of para-hydroxylation sites is 1. The Morgan fingerprint density at radius 3 is 2.82 bits per heavy atom. The van der Waals surface area contributed by atoms with Gasteiger partial charge in [0.25, 0.3) is 0 Å². The van der Waals surface area contributed by atoms with Crippen molar-refractivity contribution in [2.45, 2.75) is 13.0 Å². The highest BCUT2D eigenvalue weighted by atomic mass is 15.3. The number of fused-ring (bicyclic) bond motifs is 1. The second-order valence-electron chi connectivity index (χ2n) is 2.87. The van der Waals surface area contributed by atoms with Crippen molar-refractivity contribution >= 4 is 5.69 Å². The summed E-state index contributed by atoms with van der Waals surface area (Å²) in [5, 5.41) is 4.39. The first-order valence-electron chi connectivity index (χ1n) is 3.82. The molecular weight excluding hydrogens is 136 g/mol. The predicted octanol–water partition coefficient (Wildman–Crippen LogP) is 2.49. The van der Waals surface area contributed by atoms with E-state index < -0.39 is 0 Å². The highest BCUT2D eigenvalue weighted by Gasteiger charge is 2.25. The highest BCUT2D eigenvalue weighted by molar-refractivity contribution is 5.42. The maximum absolute atomic E-state index is 4.39. The van der Waals surface area contributed by atoms with Gasteiger partial charge in [-0.15, -0.1) is 0 Å². The molecule has 1 heterocycles. The molecule has 1 aromatic carbocycles. The second-order valence-corrected chi connectivity index (χ2v) is 2.87. The van der Waals surface area contributed by atoms with Gasteiger partial charge in [-0.2, -0.15) is 0 Å². The first-order valence-corrected chi connectivity index (χ1v) is 3.82. The summed E-state index contributed by atoms with van der Waals surface area (Å²) >= 11 is 0. The van der Waals surface area contributed by atoms with Crippen LogP contribution in [-0.4, -0.2) is 11.7 Å². The maximum atomic E-state index is 4.39. The number of azo groups is 2. The Labute approximate surface area is 66.2 Å². The summed E-state index contributed by atoms with van der Waals surface area (Å²) in [6, 6.07) is 8.67. The minimum atomic E-state index is 0.330.